The third-order valence-electron chi connectivity index (χ3n) is 4.60. The molecule has 0 saturated carbocycles. The summed E-state index contributed by atoms with van der Waals surface area (Å²) in [5.74, 6) is -0.444. The van der Waals surface area contributed by atoms with Crippen molar-refractivity contribution in [1.29, 1.82) is 5.26 Å². The van der Waals surface area contributed by atoms with Crippen LogP contribution in [0.15, 0.2) is 78.8 Å². The molecule has 0 unspecified atom stereocenters. The van der Waals surface area contributed by atoms with E-state index in [4.69, 9.17) is 4.98 Å². The Labute approximate surface area is 183 Å². The maximum Gasteiger partial charge on any atom is 0.263 e. The second-order valence-electron chi connectivity index (χ2n) is 6.93. The minimum absolute atomic E-state index is 0.00508. The monoisotopic (exact) mass is 425 g/mol. The largest absolute Gasteiger partial charge is 0.360 e. The number of nitrogens with one attached hydrogen (secondary N) is 2. The number of hydrogen-bond donors (Lipinski definition) is 2. The van der Waals surface area contributed by atoms with Gasteiger partial charge in [-0.3, -0.25) is 9.78 Å². The Morgan fingerprint density at radius 3 is 2.77 bits per heavy atom. The smallest absolute Gasteiger partial charge is 0.263 e. The molecule has 0 aliphatic heterocycles. The second-order valence-corrected chi connectivity index (χ2v) is 7.96. The van der Waals surface area contributed by atoms with Gasteiger partial charge in [0.1, 0.15) is 16.6 Å². The van der Waals surface area contributed by atoms with E-state index in [1.54, 1.807) is 29.8 Å². The van der Waals surface area contributed by atoms with Crippen molar-refractivity contribution in [3.8, 4) is 16.6 Å². The number of anilines is 1. The quantitative estimate of drug-likeness (QED) is 0.342. The Hall–Kier alpha value is -4.02. The maximum absolute atomic E-state index is 12.2. The summed E-state index contributed by atoms with van der Waals surface area (Å²) in [6.07, 6.45) is 4.75. The van der Waals surface area contributed by atoms with Crippen LogP contribution in [0, 0.1) is 18.3 Å². The van der Waals surface area contributed by atoms with Gasteiger partial charge in [0.2, 0.25) is 0 Å². The van der Waals surface area contributed by atoms with Crippen LogP contribution in [-0.4, -0.2) is 15.9 Å². The van der Waals surface area contributed by atoms with Crippen molar-refractivity contribution in [3.63, 3.8) is 0 Å². The first-order valence-corrected chi connectivity index (χ1v) is 10.5. The second kappa shape index (κ2) is 9.20. The molecule has 6 nitrogen and oxygen atoms in total. The fourth-order valence-electron chi connectivity index (χ4n) is 2.95. The predicted molar refractivity (Wildman–Crippen MR) is 123 cm³/mol. The molecule has 1 amide bonds. The number of aryl methyl sites for hydroxylation is 1. The predicted octanol–water partition coefficient (Wildman–Crippen LogP) is 4.80. The molecule has 152 valence electrons. The number of nitriles is 1. The van der Waals surface area contributed by atoms with Crippen LogP contribution < -0.4 is 10.6 Å². The molecule has 0 aliphatic carbocycles. The van der Waals surface area contributed by atoms with E-state index in [9.17, 15) is 10.1 Å². The van der Waals surface area contributed by atoms with Crippen molar-refractivity contribution in [1.82, 2.24) is 15.3 Å². The zero-order valence-electron chi connectivity index (χ0n) is 16.8. The molecule has 0 radical (unpaired) electrons. The molecule has 0 fully saturated rings. The summed E-state index contributed by atoms with van der Waals surface area (Å²) < 4.78 is 1.16. The van der Waals surface area contributed by atoms with Crippen LogP contribution in [0.25, 0.3) is 20.8 Å². The summed E-state index contributed by atoms with van der Waals surface area (Å²) in [5.41, 5.74) is 4.85. The van der Waals surface area contributed by atoms with Gasteiger partial charge in [-0.2, -0.15) is 5.26 Å². The molecule has 2 aromatic carbocycles. The number of amides is 1. The number of fused-ring (bicyclic) bond motifs is 1. The van der Waals surface area contributed by atoms with E-state index in [2.05, 4.69) is 34.7 Å². The van der Waals surface area contributed by atoms with Crippen LogP contribution >= 0.6 is 11.3 Å². The summed E-state index contributed by atoms with van der Waals surface area (Å²) in [4.78, 5) is 20.9. The molecule has 0 aliphatic rings. The number of aromatic nitrogens is 2. The van der Waals surface area contributed by atoms with Crippen LogP contribution in [0.1, 0.15) is 11.1 Å². The minimum atomic E-state index is -0.444. The number of carbonyl (C=O) groups excluding carboxylic acids is 1. The summed E-state index contributed by atoms with van der Waals surface area (Å²) in [6, 6.07) is 19.5. The van der Waals surface area contributed by atoms with E-state index in [-0.39, 0.29) is 5.57 Å². The van der Waals surface area contributed by atoms with Gasteiger partial charge in [-0.25, -0.2) is 4.98 Å². The third kappa shape index (κ3) is 4.94. The molecule has 0 spiro atoms. The highest BCUT2D eigenvalue weighted by molar-refractivity contribution is 7.21. The number of thiazole rings is 1. The zero-order chi connectivity index (χ0) is 21.6. The first kappa shape index (κ1) is 20.3. The topological polar surface area (TPSA) is 90.7 Å². The average molecular weight is 426 g/mol. The van der Waals surface area contributed by atoms with Crippen molar-refractivity contribution in [2.24, 2.45) is 0 Å². The summed E-state index contributed by atoms with van der Waals surface area (Å²) in [5, 5.41) is 16.0. The lowest BCUT2D eigenvalue weighted by Gasteiger charge is -2.05. The van der Waals surface area contributed by atoms with E-state index in [1.165, 1.54) is 11.8 Å². The fraction of sp³-hybridized carbons (Fsp3) is 0.0833. The molecular weight excluding hydrogens is 406 g/mol. The highest BCUT2D eigenvalue weighted by Gasteiger charge is 2.09. The molecule has 4 aromatic rings. The standard InChI is InChI=1S/C24H19N5OS/c1-16-4-9-21-22(11-16)31-24(29-21)18-5-7-20(8-6-18)27-15-19(12-25)23(30)28-14-17-3-2-10-26-13-17/h2-11,13,15,27H,14H2,1H3,(H,28,30)/b19-15-. The van der Waals surface area contributed by atoms with Gasteiger partial charge in [-0.1, -0.05) is 12.1 Å². The highest BCUT2D eigenvalue weighted by Crippen LogP contribution is 2.31. The van der Waals surface area contributed by atoms with Crippen molar-refractivity contribution in [3.05, 3.63) is 89.9 Å². The summed E-state index contributed by atoms with van der Waals surface area (Å²) in [7, 11) is 0. The molecule has 0 atom stereocenters. The lowest BCUT2D eigenvalue weighted by Crippen LogP contribution is -2.24. The van der Waals surface area contributed by atoms with Crippen molar-refractivity contribution in [2.45, 2.75) is 13.5 Å². The molecule has 0 bridgehead atoms. The van der Waals surface area contributed by atoms with Gasteiger partial charge in [0.15, 0.2) is 0 Å². The Morgan fingerprint density at radius 1 is 1.19 bits per heavy atom. The first-order chi connectivity index (χ1) is 15.1. The summed E-state index contributed by atoms with van der Waals surface area (Å²) >= 11 is 1.66. The lowest BCUT2D eigenvalue weighted by atomic mass is 10.2. The van der Waals surface area contributed by atoms with Crippen molar-refractivity contribution >= 4 is 33.1 Å². The van der Waals surface area contributed by atoms with Gasteiger partial charge in [0.25, 0.3) is 5.91 Å². The van der Waals surface area contributed by atoms with Gasteiger partial charge < -0.3 is 10.6 Å². The fourth-order valence-corrected chi connectivity index (χ4v) is 4.02. The zero-order valence-corrected chi connectivity index (χ0v) is 17.6. The Morgan fingerprint density at radius 2 is 2.03 bits per heavy atom. The lowest BCUT2D eigenvalue weighted by molar-refractivity contribution is -0.117. The van der Waals surface area contributed by atoms with Crippen LogP contribution in [0.4, 0.5) is 5.69 Å². The number of rotatable bonds is 6. The van der Waals surface area contributed by atoms with E-state index in [1.807, 2.05) is 42.5 Å². The number of carbonyl (C=O) groups is 1. The van der Waals surface area contributed by atoms with E-state index in [0.717, 1.165) is 32.0 Å². The summed E-state index contributed by atoms with van der Waals surface area (Å²) in [6.45, 7) is 2.38. The van der Waals surface area contributed by atoms with Crippen LogP contribution in [0.5, 0.6) is 0 Å². The first-order valence-electron chi connectivity index (χ1n) is 9.64. The number of pyridine rings is 1. The van der Waals surface area contributed by atoms with Crippen LogP contribution in [0.2, 0.25) is 0 Å². The normalized spacial score (nSPS) is 11.2. The Bertz CT molecular complexity index is 1290. The number of benzene rings is 2. The number of hydrogen-bond acceptors (Lipinski definition) is 6. The molecular formula is C24H19N5OS. The van der Waals surface area contributed by atoms with Gasteiger partial charge >= 0.3 is 0 Å². The van der Waals surface area contributed by atoms with Crippen molar-refractivity contribution < 1.29 is 4.79 Å². The van der Waals surface area contributed by atoms with Crippen LogP contribution in [0.3, 0.4) is 0 Å². The Balaban J connectivity index is 1.41. The molecule has 0 saturated heterocycles. The average Bonchev–Trinajstić information content (AvgIpc) is 3.22. The van der Waals surface area contributed by atoms with Gasteiger partial charge in [0.05, 0.1) is 10.2 Å². The van der Waals surface area contributed by atoms with Crippen LogP contribution in [-0.2, 0) is 11.3 Å². The van der Waals surface area contributed by atoms with Gasteiger partial charge in [0, 0.05) is 36.4 Å². The molecule has 2 aromatic heterocycles. The molecule has 2 heterocycles. The van der Waals surface area contributed by atoms with Gasteiger partial charge in [-0.15, -0.1) is 11.3 Å². The molecule has 31 heavy (non-hydrogen) atoms. The molecule has 2 N–H and O–H groups in total. The number of nitrogens with zero attached hydrogens (tertiary/aromatic N) is 3. The minimum Gasteiger partial charge on any atom is -0.360 e. The molecule has 7 heteroatoms. The maximum atomic E-state index is 12.2. The van der Waals surface area contributed by atoms with E-state index < -0.39 is 5.91 Å². The molecule has 4 rings (SSSR count). The van der Waals surface area contributed by atoms with Gasteiger partial charge in [-0.05, 0) is 60.5 Å². The SMILES string of the molecule is Cc1ccc2nc(-c3ccc(N/C=C(/C#N)C(=O)NCc4cccnc4)cc3)sc2c1. The van der Waals surface area contributed by atoms with E-state index in [0.29, 0.717) is 6.54 Å². The highest BCUT2D eigenvalue weighted by atomic mass is 32.1. The van der Waals surface area contributed by atoms with Crippen molar-refractivity contribution in [2.75, 3.05) is 5.32 Å². The Kier molecular flexibility index (Phi) is 6.01. The third-order valence-corrected chi connectivity index (χ3v) is 5.67. The van der Waals surface area contributed by atoms with E-state index >= 15 is 0 Å².